The molecule has 274 valence electrons. The lowest BCUT2D eigenvalue weighted by atomic mass is 10.1. The molecule has 0 amide bonds. The van der Waals surface area contributed by atoms with E-state index in [-0.39, 0.29) is 0 Å². The van der Waals surface area contributed by atoms with Crippen molar-refractivity contribution in [2.75, 3.05) is 19.8 Å². The third-order valence-electron chi connectivity index (χ3n) is 8.21. The van der Waals surface area contributed by atoms with Crippen LogP contribution in [0.25, 0.3) is 0 Å². The Morgan fingerprint density at radius 1 is 0.400 bits per heavy atom. The van der Waals surface area contributed by atoms with Crippen LogP contribution in [0.3, 0.4) is 0 Å². The van der Waals surface area contributed by atoms with Crippen molar-refractivity contribution in [3.63, 3.8) is 0 Å². The third kappa shape index (κ3) is 46.6. The summed E-state index contributed by atoms with van der Waals surface area (Å²) in [5.41, 5.74) is 0. The van der Waals surface area contributed by atoms with Gasteiger partial charge in [0.25, 0.3) is 0 Å². The van der Waals surface area contributed by atoms with E-state index < -0.39 is 16.4 Å². The number of hydrogen-bond acceptors (Lipinski definition) is 6. The molecule has 0 unspecified atom stereocenters. The van der Waals surface area contributed by atoms with Gasteiger partial charge in [0.05, 0.1) is 19.8 Å². The van der Waals surface area contributed by atoms with Crippen LogP contribution in [-0.2, 0) is 18.1 Å². The van der Waals surface area contributed by atoms with Crippen molar-refractivity contribution >= 4 is 16.4 Å². The highest BCUT2D eigenvalue weighted by Gasteiger charge is 2.19. The molecule has 0 heterocycles. The second kappa shape index (κ2) is 40.6. The normalized spacial score (nSPS) is 11.7. The van der Waals surface area contributed by atoms with Crippen molar-refractivity contribution in [3.8, 4) is 0 Å². The molecule has 0 spiro atoms. The molecule has 0 aromatic rings. The smallest absolute Gasteiger partial charge is 0.328 e. The summed E-state index contributed by atoms with van der Waals surface area (Å²) < 4.78 is 26.7. The van der Waals surface area contributed by atoms with Crippen LogP contribution in [0.1, 0.15) is 213 Å². The first kappa shape index (κ1) is 47.5. The monoisotopic (exact) mass is 685 g/mol. The Balaban J connectivity index is 0. The van der Waals surface area contributed by atoms with E-state index in [9.17, 15) is 9.46 Å². The number of unbranched alkanes of at least 4 members (excludes halogenated alkanes) is 27. The van der Waals surface area contributed by atoms with Crippen LogP contribution >= 0.6 is 16.4 Å². The first-order valence-electron chi connectivity index (χ1n) is 19.3. The van der Waals surface area contributed by atoms with E-state index in [4.69, 9.17) is 18.8 Å². The maximum atomic E-state index is 11.8. The fraction of sp³-hybridized carbons (Fsp3) is 1.00. The number of rotatable bonds is 36. The molecule has 0 atom stereocenters. The maximum Gasteiger partial charge on any atom is 0.472 e. The predicted molar refractivity (Wildman–Crippen MR) is 195 cm³/mol. The van der Waals surface area contributed by atoms with Crippen molar-refractivity contribution < 1.29 is 32.8 Å². The van der Waals surface area contributed by atoms with Gasteiger partial charge in [-0.1, -0.05) is 194 Å². The summed E-state index contributed by atoms with van der Waals surface area (Å²) in [5.74, 6) is 0. The van der Waals surface area contributed by atoms with Gasteiger partial charge >= 0.3 is 16.4 Å². The highest BCUT2D eigenvalue weighted by molar-refractivity contribution is 7.47. The van der Waals surface area contributed by atoms with Crippen molar-refractivity contribution in [1.29, 1.82) is 0 Å². The molecule has 0 saturated heterocycles. The van der Waals surface area contributed by atoms with Gasteiger partial charge in [-0.05, 0) is 19.3 Å². The van der Waals surface area contributed by atoms with E-state index >= 15 is 0 Å². The summed E-state index contributed by atoms with van der Waals surface area (Å²) in [7, 11) is -5.98. The van der Waals surface area contributed by atoms with Crippen LogP contribution in [-0.4, -0.2) is 34.5 Å². The van der Waals surface area contributed by atoms with Crippen LogP contribution in [0.15, 0.2) is 0 Å². The molecule has 45 heavy (non-hydrogen) atoms. The van der Waals surface area contributed by atoms with Gasteiger partial charge in [0.2, 0.25) is 0 Å². The van der Waals surface area contributed by atoms with Gasteiger partial charge in [0, 0.05) is 0 Å². The maximum absolute atomic E-state index is 11.8. The summed E-state index contributed by atoms with van der Waals surface area (Å²) in [5, 5.41) is 0. The standard InChI is InChI=1S/C24H51O4P.C12H27O3P/c1-3-5-7-9-11-13-15-17-19-21-23-27-29(25,26)28-24-22-20-18-16-14-12-10-8-6-4-2;1-2-3-4-5-6-7-8-9-10-11-12-15-16(13)14/h3-24H2,1-2H3,(H,25,26);13-14H,2-12H2,1H3. The number of phosphoric ester groups is 1. The molecule has 0 fully saturated rings. The van der Waals surface area contributed by atoms with E-state index in [1.165, 1.54) is 154 Å². The molecular formula is C36H78O7P2. The molecule has 0 aromatic heterocycles. The van der Waals surface area contributed by atoms with Gasteiger partial charge in [-0.25, -0.2) is 4.57 Å². The van der Waals surface area contributed by atoms with E-state index in [2.05, 4.69) is 25.3 Å². The van der Waals surface area contributed by atoms with Gasteiger partial charge < -0.3 is 19.2 Å². The van der Waals surface area contributed by atoms with Crippen LogP contribution in [0, 0.1) is 0 Å². The van der Waals surface area contributed by atoms with Gasteiger partial charge in [-0.2, -0.15) is 0 Å². The number of hydrogen-bond donors (Lipinski definition) is 3. The van der Waals surface area contributed by atoms with E-state index in [1.54, 1.807) is 0 Å². The topological polar surface area (TPSA) is 105 Å². The van der Waals surface area contributed by atoms with Gasteiger partial charge in [-0.15, -0.1) is 0 Å². The minimum atomic E-state index is -3.85. The molecular weight excluding hydrogens is 606 g/mol. The van der Waals surface area contributed by atoms with Crippen LogP contribution in [0.4, 0.5) is 0 Å². The molecule has 0 aliphatic heterocycles. The molecule has 9 heteroatoms. The molecule has 0 rings (SSSR count). The van der Waals surface area contributed by atoms with E-state index in [0.717, 1.165) is 38.5 Å². The van der Waals surface area contributed by atoms with Crippen LogP contribution < -0.4 is 0 Å². The second-order valence-corrected chi connectivity index (χ2v) is 15.0. The first-order valence-corrected chi connectivity index (χ1v) is 22.0. The van der Waals surface area contributed by atoms with Crippen molar-refractivity contribution in [3.05, 3.63) is 0 Å². The average molecular weight is 685 g/mol. The molecule has 0 bridgehead atoms. The Morgan fingerprint density at radius 2 is 0.622 bits per heavy atom. The Hall–Kier alpha value is 0.420. The van der Waals surface area contributed by atoms with E-state index in [1.807, 2.05) is 0 Å². The van der Waals surface area contributed by atoms with Gasteiger partial charge in [0.15, 0.2) is 0 Å². The van der Waals surface area contributed by atoms with Crippen molar-refractivity contribution in [2.24, 2.45) is 0 Å². The Labute approximate surface area is 282 Å². The molecule has 0 aliphatic carbocycles. The van der Waals surface area contributed by atoms with E-state index in [0.29, 0.717) is 19.8 Å². The minimum Gasteiger partial charge on any atom is -0.328 e. The fourth-order valence-corrected chi connectivity index (χ4v) is 6.40. The van der Waals surface area contributed by atoms with Gasteiger partial charge in [-0.3, -0.25) is 9.05 Å². The van der Waals surface area contributed by atoms with Crippen LogP contribution in [0.2, 0.25) is 0 Å². The molecule has 7 nitrogen and oxygen atoms in total. The zero-order valence-corrected chi connectivity index (χ0v) is 32.0. The zero-order valence-electron chi connectivity index (χ0n) is 30.2. The first-order chi connectivity index (χ1) is 21.9. The molecule has 0 radical (unpaired) electrons. The summed E-state index contributed by atoms with van der Waals surface area (Å²) in [4.78, 5) is 26.7. The summed E-state index contributed by atoms with van der Waals surface area (Å²) in [6, 6.07) is 0. The van der Waals surface area contributed by atoms with Crippen LogP contribution in [0.5, 0.6) is 0 Å². The Kier molecular flexibility index (Phi) is 42.9. The molecule has 3 N–H and O–H groups in total. The molecule has 0 aromatic carbocycles. The molecule has 0 saturated carbocycles. The summed E-state index contributed by atoms with van der Waals surface area (Å²) in [6.07, 6.45) is 37.6. The molecule has 0 aliphatic rings. The minimum absolute atomic E-state index is 0.322. The predicted octanol–water partition coefficient (Wildman–Crippen LogP) is 13.1. The van der Waals surface area contributed by atoms with Crippen molar-refractivity contribution in [1.82, 2.24) is 0 Å². The third-order valence-corrected chi connectivity index (χ3v) is 9.64. The second-order valence-electron chi connectivity index (χ2n) is 12.8. The highest BCUT2D eigenvalue weighted by atomic mass is 31.2. The fourth-order valence-electron chi connectivity index (χ4n) is 5.31. The zero-order chi connectivity index (χ0) is 33.5. The largest absolute Gasteiger partial charge is 0.472 e. The lowest BCUT2D eigenvalue weighted by molar-refractivity contribution is 0.145. The average Bonchev–Trinajstić information content (AvgIpc) is 3.01. The quantitative estimate of drug-likeness (QED) is 0.0445. The van der Waals surface area contributed by atoms with Crippen molar-refractivity contribution in [2.45, 2.75) is 213 Å². The lowest BCUT2D eigenvalue weighted by Gasteiger charge is -2.12. The Bertz CT molecular complexity index is 552. The number of phosphoric acid groups is 1. The lowest BCUT2D eigenvalue weighted by Crippen LogP contribution is -1.99. The van der Waals surface area contributed by atoms with Gasteiger partial charge in [0.1, 0.15) is 0 Å². The Morgan fingerprint density at radius 3 is 0.867 bits per heavy atom. The SMILES string of the molecule is CCCCCCCCCCCCOP(=O)(O)OCCCCCCCCCCCC.CCCCCCCCCCCCOP(O)O. The summed E-state index contributed by atoms with van der Waals surface area (Å²) >= 11 is 0. The summed E-state index contributed by atoms with van der Waals surface area (Å²) in [6.45, 7) is 7.86. The highest BCUT2D eigenvalue weighted by Crippen LogP contribution is 2.43.